The van der Waals surface area contributed by atoms with E-state index in [1.807, 2.05) is 6.20 Å². The van der Waals surface area contributed by atoms with Crippen LogP contribution in [0.3, 0.4) is 0 Å². The number of anilines is 1. The van der Waals surface area contributed by atoms with E-state index in [9.17, 15) is 13.2 Å². The Morgan fingerprint density at radius 1 is 1.36 bits per heavy atom. The summed E-state index contributed by atoms with van der Waals surface area (Å²) in [7, 11) is -3.73. The summed E-state index contributed by atoms with van der Waals surface area (Å²) in [6.45, 7) is 0.555. The first-order valence-electron chi connectivity index (χ1n) is 8.05. The normalized spacial score (nSPS) is 16.9. The minimum atomic E-state index is -3.73. The van der Waals surface area contributed by atoms with Crippen molar-refractivity contribution in [2.24, 2.45) is 5.14 Å². The molecule has 0 atom stereocenters. The predicted molar refractivity (Wildman–Crippen MR) is 95.1 cm³/mol. The highest BCUT2D eigenvalue weighted by atomic mass is 32.2. The van der Waals surface area contributed by atoms with Crippen LogP contribution in [0.4, 0.5) is 5.69 Å². The van der Waals surface area contributed by atoms with Crippen LogP contribution in [0.15, 0.2) is 40.6 Å². The van der Waals surface area contributed by atoms with Crippen LogP contribution in [-0.2, 0) is 21.2 Å². The zero-order valence-electron chi connectivity index (χ0n) is 13.5. The Kier molecular flexibility index (Phi) is 4.09. The molecule has 4 rings (SSSR count). The summed E-state index contributed by atoms with van der Waals surface area (Å²) in [5.41, 5.74) is 1.60. The van der Waals surface area contributed by atoms with Gasteiger partial charge in [0, 0.05) is 30.7 Å². The third kappa shape index (κ3) is 3.31. The van der Waals surface area contributed by atoms with Gasteiger partial charge in [0.05, 0.1) is 10.6 Å². The van der Waals surface area contributed by atoms with Crippen molar-refractivity contribution in [3.8, 4) is 0 Å². The number of primary sulfonamides is 1. The van der Waals surface area contributed by atoms with E-state index >= 15 is 0 Å². The number of carbonyl (C=O) groups excluding carboxylic acids is 1. The number of sulfonamides is 1. The number of nitrogens with zero attached hydrogens (tertiary/aromatic N) is 3. The van der Waals surface area contributed by atoms with E-state index in [1.54, 1.807) is 23.2 Å². The van der Waals surface area contributed by atoms with Gasteiger partial charge in [-0.15, -0.1) is 0 Å². The Morgan fingerprint density at radius 3 is 2.88 bits per heavy atom. The van der Waals surface area contributed by atoms with Crippen molar-refractivity contribution in [1.29, 1.82) is 0 Å². The highest BCUT2D eigenvalue weighted by molar-refractivity contribution is 7.99. The first-order valence-corrected chi connectivity index (χ1v) is 10.6. The Bertz CT molecular complexity index is 935. The Hall–Kier alpha value is -1.84. The Labute approximate surface area is 150 Å². The number of rotatable bonds is 5. The molecule has 1 aromatic carbocycles. The average molecular weight is 378 g/mol. The van der Waals surface area contributed by atoms with E-state index in [-0.39, 0.29) is 10.8 Å². The summed E-state index contributed by atoms with van der Waals surface area (Å²) < 4.78 is 25.1. The molecule has 2 heterocycles. The molecular weight excluding hydrogens is 360 g/mol. The van der Waals surface area contributed by atoms with Crippen LogP contribution in [0, 0.1) is 0 Å². The van der Waals surface area contributed by atoms with E-state index in [1.165, 1.54) is 30.7 Å². The quantitative estimate of drug-likeness (QED) is 0.796. The van der Waals surface area contributed by atoms with Gasteiger partial charge in [0.1, 0.15) is 0 Å². The van der Waals surface area contributed by atoms with Gasteiger partial charge < -0.3 is 9.47 Å². The largest absolute Gasteiger partial charge is 0.323 e. The van der Waals surface area contributed by atoms with E-state index in [4.69, 9.17) is 5.14 Å². The molecule has 2 aliphatic rings. The van der Waals surface area contributed by atoms with Gasteiger partial charge in [-0.05, 0) is 43.0 Å². The standard InChI is InChI=1S/C16H18N4O3S2/c17-25(22,23)13-3-4-14-11(9-13)5-7-20(14)15(21)10-24-16-18-6-8-19(16)12-1-2-12/h3-4,6,8-9,12H,1-2,5,7,10H2,(H2,17,22,23). The summed E-state index contributed by atoms with van der Waals surface area (Å²) in [5, 5.41) is 6.04. The lowest BCUT2D eigenvalue weighted by molar-refractivity contribution is -0.116. The number of amides is 1. The van der Waals surface area contributed by atoms with E-state index in [2.05, 4.69) is 9.55 Å². The monoisotopic (exact) mass is 378 g/mol. The first-order chi connectivity index (χ1) is 11.9. The molecule has 25 heavy (non-hydrogen) atoms. The van der Waals surface area contributed by atoms with Gasteiger partial charge in [0.2, 0.25) is 15.9 Å². The molecule has 9 heteroatoms. The zero-order valence-corrected chi connectivity index (χ0v) is 15.1. The molecule has 0 bridgehead atoms. The highest BCUT2D eigenvalue weighted by Gasteiger charge is 2.28. The maximum Gasteiger partial charge on any atom is 0.238 e. The minimum absolute atomic E-state index is 0.00236. The van der Waals surface area contributed by atoms with Crippen molar-refractivity contribution in [2.75, 3.05) is 17.2 Å². The molecule has 1 saturated carbocycles. The molecule has 2 aromatic rings. The van der Waals surface area contributed by atoms with Gasteiger partial charge in [-0.25, -0.2) is 18.5 Å². The van der Waals surface area contributed by atoms with Crippen molar-refractivity contribution in [1.82, 2.24) is 9.55 Å². The predicted octanol–water partition coefficient (Wildman–Crippen LogP) is 1.55. The fraction of sp³-hybridized carbons (Fsp3) is 0.375. The van der Waals surface area contributed by atoms with Gasteiger partial charge in [0.15, 0.2) is 5.16 Å². The van der Waals surface area contributed by atoms with Gasteiger partial charge >= 0.3 is 0 Å². The summed E-state index contributed by atoms with van der Waals surface area (Å²) >= 11 is 1.44. The van der Waals surface area contributed by atoms with Gasteiger partial charge in [-0.2, -0.15) is 0 Å². The van der Waals surface area contributed by atoms with E-state index in [0.717, 1.165) is 16.4 Å². The lowest BCUT2D eigenvalue weighted by Gasteiger charge is -2.17. The third-order valence-electron chi connectivity index (χ3n) is 4.47. The van der Waals surface area contributed by atoms with Crippen LogP contribution in [-0.4, -0.2) is 36.2 Å². The molecule has 1 aromatic heterocycles. The lowest BCUT2D eigenvalue weighted by atomic mass is 10.2. The van der Waals surface area contributed by atoms with Gasteiger partial charge in [-0.3, -0.25) is 4.79 Å². The number of benzene rings is 1. The fourth-order valence-electron chi connectivity index (χ4n) is 3.06. The number of aromatic nitrogens is 2. The van der Waals surface area contributed by atoms with Gasteiger partial charge in [0.25, 0.3) is 0 Å². The molecule has 1 aliphatic carbocycles. The van der Waals surface area contributed by atoms with Crippen molar-refractivity contribution < 1.29 is 13.2 Å². The number of hydrogen-bond donors (Lipinski definition) is 1. The maximum absolute atomic E-state index is 12.6. The van der Waals surface area contributed by atoms with Crippen molar-refractivity contribution in [2.45, 2.75) is 35.4 Å². The second kappa shape index (κ2) is 6.15. The average Bonchev–Trinajstić information content (AvgIpc) is 3.16. The molecule has 7 nitrogen and oxygen atoms in total. The molecule has 2 N–H and O–H groups in total. The molecule has 0 spiro atoms. The first kappa shape index (κ1) is 16.6. The molecule has 1 aliphatic heterocycles. The minimum Gasteiger partial charge on any atom is -0.323 e. The van der Waals surface area contributed by atoms with Crippen LogP contribution < -0.4 is 10.0 Å². The van der Waals surface area contributed by atoms with Crippen molar-refractivity contribution in [3.05, 3.63) is 36.2 Å². The SMILES string of the molecule is NS(=O)(=O)c1ccc2c(c1)CCN2C(=O)CSc1nccn1C1CC1. The zero-order chi connectivity index (χ0) is 17.6. The lowest BCUT2D eigenvalue weighted by Crippen LogP contribution is -2.30. The van der Waals surface area contributed by atoms with Crippen LogP contribution in [0.2, 0.25) is 0 Å². The second-order valence-corrected chi connectivity index (χ2v) is 8.77. The number of fused-ring (bicyclic) bond motifs is 1. The number of hydrogen-bond acceptors (Lipinski definition) is 5. The Balaban J connectivity index is 1.47. The molecule has 132 valence electrons. The van der Waals surface area contributed by atoms with Gasteiger partial charge in [-0.1, -0.05) is 11.8 Å². The fourth-order valence-corrected chi connectivity index (χ4v) is 4.53. The van der Waals surface area contributed by atoms with Crippen molar-refractivity contribution in [3.63, 3.8) is 0 Å². The molecule has 0 saturated heterocycles. The number of nitrogens with two attached hydrogens (primary N) is 1. The second-order valence-electron chi connectivity index (χ2n) is 6.27. The molecule has 1 fully saturated rings. The number of carbonyl (C=O) groups is 1. The molecule has 0 unspecified atom stereocenters. The smallest absolute Gasteiger partial charge is 0.238 e. The Morgan fingerprint density at radius 2 is 2.16 bits per heavy atom. The molecule has 1 amide bonds. The summed E-state index contributed by atoms with van der Waals surface area (Å²) in [6.07, 6.45) is 6.70. The maximum atomic E-state index is 12.6. The summed E-state index contributed by atoms with van der Waals surface area (Å²) in [5.74, 6) is 0.303. The molecular formula is C16H18N4O3S2. The van der Waals surface area contributed by atoms with Crippen LogP contribution >= 0.6 is 11.8 Å². The van der Waals surface area contributed by atoms with Crippen LogP contribution in [0.1, 0.15) is 24.4 Å². The van der Waals surface area contributed by atoms with E-state index in [0.29, 0.717) is 24.8 Å². The highest BCUT2D eigenvalue weighted by Crippen LogP contribution is 2.38. The number of imidazole rings is 1. The topological polar surface area (TPSA) is 98.3 Å². The molecule has 0 radical (unpaired) electrons. The summed E-state index contributed by atoms with van der Waals surface area (Å²) in [6, 6.07) is 5.21. The van der Waals surface area contributed by atoms with Crippen LogP contribution in [0.5, 0.6) is 0 Å². The third-order valence-corrected chi connectivity index (χ3v) is 6.35. The van der Waals surface area contributed by atoms with E-state index < -0.39 is 10.0 Å². The van der Waals surface area contributed by atoms with Crippen molar-refractivity contribution >= 4 is 33.4 Å². The van der Waals surface area contributed by atoms with Crippen LogP contribution in [0.25, 0.3) is 0 Å². The number of thioether (sulfide) groups is 1. The summed E-state index contributed by atoms with van der Waals surface area (Å²) in [4.78, 5) is 18.7.